The predicted octanol–water partition coefficient (Wildman–Crippen LogP) is 1.71. The molecule has 0 bridgehead atoms. The molecule has 0 aliphatic carbocycles. The van der Waals surface area contributed by atoms with Gasteiger partial charge >= 0.3 is 0 Å². The highest BCUT2D eigenvalue weighted by molar-refractivity contribution is 9.10. The number of hydrogen-bond acceptors (Lipinski definition) is 6. The molecule has 1 unspecified atom stereocenters. The molecule has 0 amide bonds. The molecule has 0 fully saturated rings. The number of rotatable bonds is 8. The van der Waals surface area contributed by atoms with Crippen molar-refractivity contribution in [1.82, 2.24) is 15.5 Å². The fourth-order valence-corrected chi connectivity index (χ4v) is 2.35. The number of nitrogens with zero attached hydrogens (tertiary/aromatic N) is 2. The van der Waals surface area contributed by atoms with E-state index < -0.39 is 6.10 Å². The molecule has 0 radical (unpaired) electrons. The van der Waals surface area contributed by atoms with Gasteiger partial charge in [0.15, 0.2) is 5.82 Å². The molecule has 1 aromatic heterocycles. The summed E-state index contributed by atoms with van der Waals surface area (Å²) >= 11 is 3.44. The van der Waals surface area contributed by atoms with Crippen molar-refractivity contribution in [2.75, 3.05) is 19.7 Å². The van der Waals surface area contributed by atoms with Gasteiger partial charge in [0.25, 0.3) is 0 Å². The van der Waals surface area contributed by atoms with Crippen LogP contribution in [0.2, 0.25) is 0 Å². The van der Waals surface area contributed by atoms with E-state index in [2.05, 4.69) is 35.9 Å². The van der Waals surface area contributed by atoms with E-state index in [0.29, 0.717) is 25.3 Å². The molecule has 0 spiro atoms. The zero-order valence-corrected chi connectivity index (χ0v) is 13.3. The van der Waals surface area contributed by atoms with E-state index in [9.17, 15) is 5.11 Å². The van der Waals surface area contributed by atoms with Gasteiger partial charge < -0.3 is 19.7 Å². The second-order valence-electron chi connectivity index (χ2n) is 4.70. The minimum Gasteiger partial charge on any atom is -0.490 e. The molecule has 0 saturated carbocycles. The third-order valence-corrected chi connectivity index (χ3v) is 3.45. The average molecular weight is 356 g/mol. The van der Waals surface area contributed by atoms with Gasteiger partial charge in [-0.1, -0.05) is 11.2 Å². The van der Waals surface area contributed by atoms with Crippen LogP contribution in [0.3, 0.4) is 0 Å². The third-order valence-electron chi connectivity index (χ3n) is 2.83. The van der Waals surface area contributed by atoms with Gasteiger partial charge in [-0.3, -0.25) is 0 Å². The molecule has 6 nitrogen and oxygen atoms in total. The third kappa shape index (κ3) is 5.45. The molecule has 2 aromatic rings. The molecule has 114 valence electrons. The Labute approximate surface area is 131 Å². The Morgan fingerprint density at radius 2 is 2.33 bits per heavy atom. The Morgan fingerprint density at radius 1 is 1.48 bits per heavy atom. The fraction of sp³-hybridized carbons (Fsp3) is 0.429. The highest BCUT2D eigenvalue weighted by atomic mass is 79.9. The summed E-state index contributed by atoms with van der Waals surface area (Å²) in [6.07, 6.45) is 1.38. The van der Waals surface area contributed by atoms with Crippen LogP contribution in [0.5, 0.6) is 5.75 Å². The van der Waals surface area contributed by atoms with Gasteiger partial charge in [0.2, 0.25) is 6.39 Å². The molecule has 2 rings (SSSR count). The summed E-state index contributed by atoms with van der Waals surface area (Å²) in [5.41, 5.74) is 1.15. The van der Waals surface area contributed by atoms with Crippen LogP contribution in [0.25, 0.3) is 0 Å². The minimum absolute atomic E-state index is 0.233. The van der Waals surface area contributed by atoms with E-state index in [1.54, 1.807) is 0 Å². The van der Waals surface area contributed by atoms with E-state index in [1.807, 2.05) is 25.1 Å². The Bertz CT molecular complexity index is 548. The second-order valence-corrected chi connectivity index (χ2v) is 5.55. The number of benzene rings is 1. The number of nitrogens with one attached hydrogen (secondary N) is 1. The summed E-state index contributed by atoms with van der Waals surface area (Å²) in [6, 6.07) is 5.83. The average Bonchev–Trinajstić information content (AvgIpc) is 2.96. The Kier molecular flexibility index (Phi) is 6.16. The molecule has 0 aliphatic rings. The van der Waals surface area contributed by atoms with Crippen LogP contribution in [-0.2, 0) is 6.42 Å². The number of aliphatic hydroxyl groups excluding tert-OH is 1. The topological polar surface area (TPSA) is 80.4 Å². The fourth-order valence-electron chi connectivity index (χ4n) is 1.74. The molecule has 7 heteroatoms. The molecule has 1 aromatic carbocycles. The van der Waals surface area contributed by atoms with Crippen LogP contribution in [0.4, 0.5) is 0 Å². The molecule has 1 atom stereocenters. The van der Waals surface area contributed by atoms with Gasteiger partial charge in [-0.05, 0) is 40.5 Å². The van der Waals surface area contributed by atoms with Gasteiger partial charge in [-0.15, -0.1) is 0 Å². The highest BCUT2D eigenvalue weighted by Gasteiger charge is 2.07. The molecule has 0 aliphatic heterocycles. The van der Waals surface area contributed by atoms with Crippen LogP contribution in [0.1, 0.15) is 11.4 Å². The number of aryl methyl sites for hydroxylation is 1. The zero-order chi connectivity index (χ0) is 15.1. The van der Waals surface area contributed by atoms with Crippen LogP contribution in [0, 0.1) is 6.92 Å². The lowest BCUT2D eigenvalue weighted by Crippen LogP contribution is -2.32. The van der Waals surface area contributed by atoms with Crippen molar-refractivity contribution < 1.29 is 14.4 Å². The zero-order valence-electron chi connectivity index (χ0n) is 11.8. The van der Waals surface area contributed by atoms with Crippen LogP contribution < -0.4 is 10.1 Å². The molecule has 0 saturated heterocycles. The van der Waals surface area contributed by atoms with Crippen LogP contribution in [0.15, 0.2) is 33.6 Å². The van der Waals surface area contributed by atoms with Gasteiger partial charge in [0.05, 0.1) is 4.47 Å². The summed E-state index contributed by atoms with van der Waals surface area (Å²) < 4.78 is 11.1. The van der Waals surface area contributed by atoms with Crippen molar-refractivity contribution >= 4 is 15.9 Å². The first kappa shape index (κ1) is 15.9. The Morgan fingerprint density at radius 3 is 3.05 bits per heavy atom. The van der Waals surface area contributed by atoms with Crippen LogP contribution in [-0.4, -0.2) is 41.0 Å². The van der Waals surface area contributed by atoms with Gasteiger partial charge in [0, 0.05) is 19.5 Å². The number of aliphatic hydroxyl groups is 1. The van der Waals surface area contributed by atoms with Gasteiger partial charge in [-0.25, -0.2) is 0 Å². The standard InChI is InChI=1S/C14H18BrN3O3/c1-10-2-3-13(12(15)6-10)20-8-11(19)7-16-5-4-14-17-9-21-18-14/h2-3,6,9,11,16,19H,4-5,7-8H2,1H3. The van der Waals surface area contributed by atoms with E-state index in [1.165, 1.54) is 6.39 Å². The summed E-state index contributed by atoms with van der Waals surface area (Å²) in [7, 11) is 0. The normalized spacial score (nSPS) is 12.3. The number of aromatic nitrogens is 2. The molecule has 1 heterocycles. The smallest absolute Gasteiger partial charge is 0.213 e. The van der Waals surface area contributed by atoms with Gasteiger partial charge in [0.1, 0.15) is 18.5 Å². The van der Waals surface area contributed by atoms with Crippen molar-refractivity contribution in [3.05, 3.63) is 40.5 Å². The maximum absolute atomic E-state index is 9.86. The minimum atomic E-state index is -0.580. The Hall–Kier alpha value is -1.44. The van der Waals surface area contributed by atoms with Crippen molar-refractivity contribution in [2.45, 2.75) is 19.4 Å². The van der Waals surface area contributed by atoms with E-state index in [0.717, 1.165) is 15.8 Å². The highest BCUT2D eigenvalue weighted by Crippen LogP contribution is 2.25. The number of hydrogen-bond donors (Lipinski definition) is 2. The molecule has 21 heavy (non-hydrogen) atoms. The summed E-state index contributed by atoms with van der Waals surface area (Å²) in [6.45, 7) is 3.36. The maximum Gasteiger partial charge on any atom is 0.213 e. The first-order valence-electron chi connectivity index (χ1n) is 6.68. The van der Waals surface area contributed by atoms with Crippen LogP contribution >= 0.6 is 15.9 Å². The van der Waals surface area contributed by atoms with E-state index in [4.69, 9.17) is 4.74 Å². The van der Waals surface area contributed by atoms with E-state index >= 15 is 0 Å². The molecule has 2 N–H and O–H groups in total. The summed E-state index contributed by atoms with van der Waals surface area (Å²) in [5.74, 6) is 1.38. The van der Waals surface area contributed by atoms with E-state index in [-0.39, 0.29) is 6.61 Å². The molecular formula is C14H18BrN3O3. The van der Waals surface area contributed by atoms with Crippen molar-refractivity contribution in [2.24, 2.45) is 0 Å². The number of ether oxygens (including phenoxy) is 1. The summed E-state index contributed by atoms with van der Waals surface area (Å²) in [4.78, 5) is 3.92. The van der Waals surface area contributed by atoms with Gasteiger partial charge in [-0.2, -0.15) is 4.98 Å². The number of halogens is 1. The lowest BCUT2D eigenvalue weighted by molar-refractivity contribution is 0.106. The first-order valence-corrected chi connectivity index (χ1v) is 7.47. The SMILES string of the molecule is Cc1ccc(OCC(O)CNCCc2ncon2)c(Br)c1. The lowest BCUT2D eigenvalue weighted by Gasteiger charge is -2.14. The predicted molar refractivity (Wildman–Crippen MR) is 81.3 cm³/mol. The van der Waals surface area contributed by atoms with Crippen molar-refractivity contribution in [3.63, 3.8) is 0 Å². The van der Waals surface area contributed by atoms with Crippen molar-refractivity contribution in [3.8, 4) is 5.75 Å². The first-order chi connectivity index (χ1) is 10.1. The quantitative estimate of drug-likeness (QED) is 0.701. The Balaban J connectivity index is 1.64. The monoisotopic (exact) mass is 355 g/mol. The largest absolute Gasteiger partial charge is 0.490 e. The molecular weight excluding hydrogens is 338 g/mol. The second kappa shape index (κ2) is 8.11. The maximum atomic E-state index is 9.86. The van der Waals surface area contributed by atoms with Crippen molar-refractivity contribution in [1.29, 1.82) is 0 Å². The summed E-state index contributed by atoms with van der Waals surface area (Å²) in [5, 5.41) is 16.7. The lowest BCUT2D eigenvalue weighted by atomic mass is 10.2.